The molecule has 122 valence electrons. The van der Waals surface area contributed by atoms with Gasteiger partial charge in [-0.05, 0) is 6.42 Å². The summed E-state index contributed by atoms with van der Waals surface area (Å²) in [6, 6.07) is -0.606. The van der Waals surface area contributed by atoms with E-state index in [2.05, 4.69) is 15.3 Å². The summed E-state index contributed by atoms with van der Waals surface area (Å²) in [6.45, 7) is 2.92. The number of amides is 2. The minimum Gasteiger partial charge on any atom is -0.373 e. The number of rotatable bonds is 3. The van der Waals surface area contributed by atoms with Crippen LogP contribution >= 0.6 is 0 Å². The Morgan fingerprint density at radius 3 is 2.82 bits per heavy atom. The maximum Gasteiger partial charge on any atom is 0.322 e. The van der Waals surface area contributed by atoms with Gasteiger partial charge in [0.1, 0.15) is 12.4 Å². The van der Waals surface area contributed by atoms with E-state index in [9.17, 15) is 13.6 Å². The quantitative estimate of drug-likeness (QED) is 0.931. The Balaban J connectivity index is 1.99. The number of carbonyl (C=O) groups excluding carboxylic acids is 1. The molecular formula is C14H20F2N4O2. The molecule has 22 heavy (non-hydrogen) atoms. The minimum atomic E-state index is -3.04. The summed E-state index contributed by atoms with van der Waals surface area (Å²) >= 11 is 0. The van der Waals surface area contributed by atoms with Gasteiger partial charge >= 0.3 is 6.03 Å². The number of nitrogens with zero attached hydrogens (tertiary/aromatic N) is 3. The highest BCUT2D eigenvalue weighted by molar-refractivity contribution is 5.89. The van der Waals surface area contributed by atoms with Crippen molar-refractivity contribution < 1.29 is 18.3 Å². The van der Waals surface area contributed by atoms with E-state index in [1.807, 2.05) is 13.8 Å². The van der Waals surface area contributed by atoms with Crippen LogP contribution in [0.5, 0.6) is 0 Å². The van der Waals surface area contributed by atoms with Crippen LogP contribution in [0.2, 0.25) is 0 Å². The Kier molecular flexibility index (Phi) is 5.23. The lowest BCUT2D eigenvalue weighted by molar-refractivity contribution is -0.0648. The minimum absolute atomic E-state index is 0.0897. The molecule has 6 nitrogen and oxygen atoms in total. The molecule has 0 aliphatic carbocycles. The monoisotopic (exact) mass is 314 g/mol. The van der Waals surface area contributed by atoms with Gasteiger partial charge in [-0.15, -0.1) is 0 Å². The van der Waals surface area contributed by atoms with Crippen LogP contribution in [-0.2, 0) is 4.74 Å². The largest absolute Gasteiger partial charge is 0.373 e. The third-order valence-electron chi connectivity index (χ3n) is 3.50. The van der Waals surface area contributed by atoms with Gasteiger partial charge in [-0.3, -0.25) is 0 Å². The summed E-state index contributed by atoms with van der Waals surface area (Å²) in [5.74, 6) is -2.12. The number of halogens is 2. The SMILES string of the molecule is CC[C@H](C)c1ncc(NC(=O)N2CCOCC(F)(F)C2)cn1. The van der Waals surface area contributed by atoms with Gasteiger partial charge in [0.25, 0.3) is 5.92 Å². The summed E-state index contributed by atoms with van der Waals surface area (Å²) < 4.78 is 31.6. The first-order valence-corrected chi connectivity index (χ1v) is 7.24. The predicted molar refractivity (Wildman–Crippen MR) is 77.1 cm³/mol. The standard InChI is InChI=1S/C14H20F2N4O2/c1-3-10(2)12-17-6-11(7-18-12)19-13(21)20-4-5-22-9-14(15,16)8-20/h6-7,10H,3-5,8-9H2,1-2H3,(H,19,21)/t10-/m0/s1. The highest BCUT2D eigenvalue weighted by Crippen LogP contribution is 2.19. The van der Waals surface area contributed by atoms with Crippen molar-refractivity contribution in [3.63, 3.8) is 0 Å². The van der Waals surface area contributed by atoms with Crippen LogP contribution in [-0.4, -0.2) is 53.1 Å². The lowest BCUT2D eigenvalue weighted by Crippen LogP contribution is -2.43. The van der Waals surface area contributed by atoms with Crippen molar-refractivity contribution in [3.05, 3.63) is 18.2 Å². The summed E-state index contributed by atoms with van der Waals surface area (Å²) in [6.07, 6.45) is 3.88. The van der Waals surface area contributed by atoms with Crippen molar-refractivity contribution in [1.82, 2.24) is 14.9 Å². The molecule has 1 saturated heterocycles. The number of nitrogens with one attached hydrogen (secondary N) is 1. The first-order valence-electron chi connectivity index (χ1n) is 7.24. The number of hydrogen-bond acceptors (Lipinski definition) is 4. The van der Waals surface area contributed by atoms with E-state index in [-0.39, 0.29) is 19.1 Å². The van der Waals surface area contributed by atoms with E-state index in [0.717, 1.165) is 11.3 Å². The fourth-order valence-electron chi connectivity index (χ4n) is 2.02. The van der Waals surface area contributed by atoms with E-state index in [0.29, 0.717) is 11.5 Å². The molecule has 0 aromatic carbocycles. The molecule has 1 aromatic rings. The molecule has 8 heteroatoms. The number of alkyl halides is 2. The molecule has 2 heterocycles. The van der Waals surface area contributed by atoms with Crippen molar-refractivity contribution in [2.24, 2.45) is 0 Å². The number of ether oxygens (including phenoxy) is 1. The maximum absolute atomic E-state index is 13.4. The lowest BCUT2D eigenvalue weighted by atomic mass is 10.1. The van der Waals surface area contributed by atoms with Crippen LogP contribution in [0.3, 0.4) is 0 Å². The second-order valence-corrected chi connectivity index (χ2v) is 5.40. The average molecular weight is 314 g/mol. The molecule has 2 rings (SSSR count). The molecule has 0 spiro atoms. The summed E-state index contributed by atoms with van der Waals surface area (Å²) in [4.78, 5) is 21.4. The number of anilines is 1. The molecule has 0 saturated carbocycles. The summed E-state index contributed by atoms with van der Waals surface area (Å²) in [5.41, 5.74) is 0.380. The molecule has 1 aliphatic rings. The van der Waals surface area contributed by atoms with Crippen molar-refractivity contribution in [1.29, 1.82) is 0 Å². The van der Waals surface area contributed by atoms with Crippen LogP contribution in [0.15, 0.2) is 12.4 Å². The average Bonchev–Trinajstić information content (AvgIpc) is 2.68. The summed E-state index contributed by atoms with van der Waals surface area (Å²) in [7, 11) is 0. The molecule has 1 atom stereocenters. The van der Waals surface area contributed by atoms with Gasteiger partial charge in [-0.2, -0.15) is 0 Å². The number of carbonyl (C=O) groups is 1. The van der Waals surface area contributed by atoms with Crippen LogP contribution in [0.1, 0.15) is 32.0 Å². The van der Waals surface area contributed by atoms with Gasteiger partial charge in [0.2, 0.25) is 0 Å². The maximum atomic E-state index is 13.4. The highest BCUT2D eigenvalue weighted by atomic mass is 19.3. The van der Waals surface area contributed by atoms with Gasteiger partial charge in [0.05, 0.1) is 31.2 Å². The molecule has 0 unspecified atom stereocenters. The lowest BCUT2D eigenvalue weighted by Gasteiger charge is -2.23. The fourth-order valence-corrected chi connectivity index (χ4v) is 2.02. The van der Waals surface area contributed by atoms with Crippen LogP contribution in [0.4, 0.5) is 19.3 Å². The first kappa shape index (κ1) is 16.5. The van der Waals surface area contributed by atoms with Crippen LogP contribution < -0.4 is 5.32 Å². The van der Waals surface area contributed by atoms with E-state index >= 15 is 0 Å². The third kappa shape index (κ3) is 4.33. The van der Waals surface area contributed by atoms with Crippen molar-refractivity contribution in [3.8, 4) is 0 Å². The topological polar surface area (TPSA) is 67.4 Å². The van der Waals surface area contributed by atoms with Crippen LogP contribution in [0.25, 0.3) is 0 Å². The fraction of sp³-hybridized carbons (Fsp3) is 0.643. The van der Waals surface area contributed by atoms with Crippen molar-refractivity contribution in [2.45, 2.75) is 32.1 Å². The first-order chi connectivity index (χ1) is 10.4. The van der Waals surface area contributed by atoms with Crippen molar-refractivity contribution >= 4 is 11.7 Å². The van der Waals surface area contributed by atoms with Gasteiger partial charge < -0.3 is 15.0 Å². The third-order valence-corrected chi connectivity index (χ3v) is 3.50. The molecule has 1 N–H and O–H groups in total. The molecule has 1 aliphatic heterocycles. The Bertz CT molecular complexity index is 510. The second kappa shape index (κ2) is 6.95. The van der Waals surface area contributed by atoms with E-state index in [4.69, 9.17) is 4.74 Å². The predicted octanol–water partition coefficient (Wildman–Crippen LogP) is 2.49. The van der Waals surface area contributed by atoms with Gasteiger partial charge in [0, 0.05) is 12.5 Å². The van der Waals surface area contributed by atoms with E-state index in [1.165, 1.54) is 12.4 Å². The summed E-state index contributed by atoms with van der Waals surface area (Å²) in [5, 5.41) is 2.53. The van der Waals surface area contributed by atoms with E-state index < -0.39 is 25.1 Å². The Hall–Kier alpha value is -1.83. The van der Waals surface area contributed by atoms with Crippen LogP contribution in [0, 0.1) is 0 Å². The number of aromatic nitrogens is 2. The van der Waals surface area contributed by atoms with Gasteiger partial charge in [-0.25, -0.2) is 23.5 Å². The Morgan fingerprint density at radius 2 is 2.18 bits per heavy atom. The zero-order valence-electron chi connectivity index (χ0n) is 12.7. The van der Waals surface area contributed by atoms with Crippen molar-refractivity contribution in [2.75, 3.05) is 31.6 Å². The highest BCUT2D eigenvalue weighted by Gasteiger charge is 2.36. The molecule has 2 amide bonds. The Labute approximate surface area is 127 Å². The molecule has 1 fully saturated rings. The normalized spacial score (nSPS) is 19.4. The molecule has 0 radical (unpaired) electrons. The number of hydrogen-bond donors (Lipinski definition) is 1. The molecular weight excluding hydrogens is 294 g/mol. The second-order valence-electron chi connectivity index (χ2n) is 5.40. The number of urea groups is 1. The van der Waals surface area contributed by atoms with E-state index in [1.54, 1.807) is 0 Å². The van der Waals surface area contributed by atoms with Gasteiger partial charge in [0.15, 0.2) is 0 Å². The van der Waals surface area contributed by atoms with Gasteiger partial charge in [-0.1, -0.05) is 13.8 Å². The molecule has 1 aromatic heterocycles. The Morgan fingerprint density at radius 1 is 1.50 bits per heavy atom. The smallest absolute Gasteiger partial charge is 0.322 e. The zero-order chi connectivity index (χ0) is 16.2. The molecule has 0 bridgehead atoms. The zero-order valence-corrected chi connectivity index (χ0v) is 12.7.